The predicted molar refractivity (Wildman–Crippen MR) is 95.9 cm³/mol. The van der Waals surface area contributed by atoms with Crippen LogP contribution in [0.5, 0.6) is 0 Å². The number of tetrazole rings is 1. The molecule has 25 heavy (non-hydrogen) atoms. The number of nitrogens with zero attached hydrogens (tertiary/aromatic N) is 6. The highest BCUT2D eigenvalue weighted by Crippen LogP contribution is 2.19. The molecule has 2 heterocycles. The van der Waals surface area contributed by atoms with Crippen LogP contribution in [-0.4, -0.2) is 41.6 Å². The molecule has 0 atom stereocenters. The van der Waals surface area contributed by atoms with Crippen molar-refractivity contribution in [2.75, 3.05) is 11.1 Å². The van der Waals surface area contributed by atoms with E-state index in [-0.39, 0.29) is 17.7 Å². The van der Waals surface area contributed by atoms with Crippen LogP contribution in [0.25, 0.3) is 5.69 Å². The van der Waals surface area contributed by atoms with Gasteiger partial charge in [0.2, 0.25) is 11.1 Å². The summed E-state index contributed by atoms with van der Waals surface area (Å²) in [7, 11) is 0. The second kappa shape index (κ2) is 7.47. The lowest BCUT2D eigenvalue weighted by Crippen LogP contribution is -2.18. The molecule has 0 aliphatic carbocycles. The number of aryl methyl sites for hydroxylation is 1. The zero-order valence-electron chi connectivity index (χ0n) is 14.2. The van der Waals surface area contributed by atoms with E-state index in [0.29, 0.717) is 11.0 Å². The van der Waals surface area contributed by atoms with E-state index in [4.69, 9.17) is 0 Å². The molecule has 1 N–H and O–H groups in total. The molecule has 3 rings (SSSR count). The lowest BCUT2D eigenvalue weighted by Gasteiger charge is -2.11. The highest BCUT2D eigenvalue weighted by molar-refractivity contribution is 7.99. The van der Waals surface area contributed by atoms with E-state index in [9.17, 15) is 4.79 Å². The maximum absolute atomic E-state index is 12.2. The summed E-state index contributed by atoms with van der Waals surface area (Å²) < 4.78 is 3.39. The Hall–Kier alpha value is -2.68. The fourth-order valence-corrected chi connectivity index (χ4v) is 3.02. The third kappa shape index (κ3) is 4.05. The quantitative estimate of drug-likeness (QED) is 0.682. The summed E-state index contributed by atoms with van der Waals surface area (Å²) in [5, 5.41) is 19.4. The average molecular weight is 357 g/mol. The Morgan fingerprint density at radius 1 is 1.32 bits per heavy atom. The van der Waals surface area contributed by atoms with Crippen LogP contribution in [0.2, 0.25) is 0 Å². The van der Waals surface area contributed by atoms with E-state index in [0.717, 1.165) is 11.3 Å². The molecule has 0 saturated carbocycles. The minimum atomic E-state index is -0.133. The molecular weight excluding hydrogens is 338 g/mol. The normalized spacial score (nSPS) is 11.0. The molecule has 0 fully saturated rings. The van der Waals surface area contributed by atoms with Crippen molar-refractivity contribution in [3.63, 3.8) is 0 Å². The van der Waals surface area contributed by atoms with E-state index >= 15 is 0 Å². The molecule has 9 heteroatoms. The number of anilines is 1. The maximum Gasteiger partial charge on any atom is 0.235 e. The van der Waals surface area contributed by atoms with Gasteiger partial charge >= 0.3 is 0 Å². The van der Waals surface area contributed by atoms with E-state index in [1.54, 1.807) is 21.6 Å². The zero-order chi connectivity index (χ0) is 17.8. The van der Waals surface area contributed by atoms with Crippen molar-refractivity contribution < 1.29 is 4.79 Å². The molecule has 0 aliphatic rings. The Morgan fingerprint density at radius 2 is 2.16 bits per heavy atom. The maximum atomic E-state index is 12.2. The SMILES string of the molecule is Cc1cccc(-n2nnnc2SCC(=O)Nc2ccnn2C(C)C)c1. The van der Waals surface area contributed by atoms with Gasteiger partial charge in [-0.05, 0) is 48.9 Å². The van der Waals surface area contributed by atoms with Crippen LogP contribution in [0.1, 0.15) is 25.5 Å². The van der Waals surface area contributed by atoms with E-state index in [1.165, 1.54) is 11.8 Å². The number of amides is 1. The molecule has 130 valence electrons. The van der Waals surface area contributed by atoms with Crippen molar-refractivity contribution in [2.45, 2.75) is 32.0 Å². The van der Waals surface area contributed by atoms with Crippen LogP contribution < -0.4 is 5.32 Å². The standard InChI is InChI=1S/C16H19N7OS/c1-11(2)22-14(7-8-17-22)18-15(24)10-25-16-19-20-21-23(16)13-6-4-5-12(3)9-13/h4-9,11H,10H2,1-3H3,(H,18,24). The first-order valence-corrected chi connectivity index (χ1v) is 8.84. The van der Waals surface area contributed by atoms with Crippen LogP contribution in [0.15, 0.2) is 41.7 Å². The Labute approximate surface area is 149 Å². The molecule has 0 bridgehead atoms. The lowest BCUT2D eigenvalue weighted by atomic mass is 10.2. The Kier molecular flexibility index (Phi) is 5.13. The summed E-state index contributed by atoms with van der Waals surface area (Å²) >= 11 is 1.28. The van der Waals surface area contributed by atoms with Gasteiger partial charge in [-0.2, -0.15) is 9.78 Å². The Bertz CT molecular complexity index is 871. The number of hydrogen-bond donors (Lipinski definition) is 1. The van der Waals surface area contributed by atoms with Crippen molar-refractivity contribution in [3.05, 3.63) is 42.1 Å². The first kappa shape index (κ1) is 17.2. The van der Waals surface area contributed by atoms with Gasteiger partial charge in [0.15, 0.2) is 0 Å². The van der Waals surface area contributed by atoms with Gasteiger partial charge in [-0.15, -0.1) is 5.10 Å². The number of aromatic nitrogens is 6. The molecule has 0 saturated heterocycles. The second-order valence-corrected chi connectivity index (χ2v) is 6.75. The fourth-order valence-electron chi connectivity index (χ4n) is 2.32. The van der Waals surface area contributed by atoms with Gasteiger partial charge in [-0.3, -0.25) is 4.79 Å². The van der Waals surface area contributed by atoms with Gasteiger partial charge in [0.05, 0.1) is 17.6 Å². The van der Waals surface area contributed by atoms with Crippen LogP contribution >= 0.6 is 11.8 Å². The first-order chi connectivity index (χ1) is 12.0. The van der Waals surface area contributed by atoms with Gasteiger partial charge in [0, 0.05) is 12.1 Å². The van der Waals surface area contributed by atoms with Crippen molar-refractivity contribution in [2.24, 2.45) is 0 Å². The highest BCUT2D eigenvalue weighted by Gasteiger charge is 2.13. The third-order valence-corrected chi connectivity index (χ3v) is 4.37. The number of benzene rings is 1. The molecule has 2 aromatic heterocycles. The molecule has 0 radical (unpaired) electrons. The van der Waals surface area contributed by atoms with Crippen molar-refractivity contribution in [3.8, 4) is 5.69 Å². The van der Waals surface area contributed by atoms with Crippen molar-refractivity contribution in [1.82, 2.24) is 30.0 Å². The molecule has 1 aromatic carbocycles. The first-order valence-electron chi connectivity index (χ1n) is 7.86. The van der Waals surface area contributed by atoms with E-state index in [2.05, 4.69) is 25.9 Å². The van der Waals surface area contributed by atoms with Crippen LogP contribution in [-0.2, 0) is 4.79 Å². The summed E-state index contributed by atoms with van der Waals surface area (Å²) in [6, 6.07) is 9.81. The molecular formula is C16H19N7OS. The van der Waals surface area contributed by atoms with Crippen LogP contribution in [0.4, 0.5) is 5.82 Å². The predicted octanol–water partition coefficient (Wildman–Crippen LogP) is 2.48. The molecule has 1 amide bonds. The molecule has 0 unspecified atom stereocenters. The van der Waals surface area contributed by atoms with Gasteiger partial charge in [-0.1, -0.05) is 23.9 Å². The van der Waals surface area contributed by atoms with Crippen LogP contribution in [0, 0.1) is 6.92 Å². The topological polar surface area (TPSA) is 90.5 Å². The smallest absolute Gasteiger partial charge is 0.235 e. The summed E-state index contributed by atoms with van der Waals surface area (Å²) in [5.41, 5.74) is 1.98. The third-order valence-electron chi connectivity index (χ3n) is 3.45. The monoisotopic (exact) mass is 357 g/mol. The lowest BCUT2D eigenvalue weighted by molar-refractivity contribution is -0.113. The fraction of sp³-hybridized carbons (Fsp3) is 0.312. The number of thioether (sulfide) groups is 1. The summed E-state index contributed by atoms with van der Waals surface area (Å²) in [5.74, 6) is 0.750. The van der Waals surface area contributed by atoms with Crippen LogP contribution in [0.3, 0.4) is 0 Å². The van der Waals surface area contributed by atoms with Crippen molar-refractivity contribution in [1.29, 1.82) is 0 Å². The number of carbonyl (C=O) groups is 1. The van der Waals surface area contributed by atoms with E-state index < -0.39 is 0 Å². The second-order valence-electron chi connectivity index (χ2n) is 5.80. The molecule has 3 aromatic rings. The summed E-state index contributed by atoms with van der Waals surface area (Å²) in [4.78, 5) is 12.2. The number of nitrogens with one attached hydrogen (secondary N) is 1. The van der Waals surface area contributed by atoms with E-state index in [1.807, 2.05) is 45.0 Å². The average Bonchev–Trinajstić information content (AvgIpc) is 3.21. The van der Waals surface area contributed by atoms with Gasteiger partial charge in [-0.25, -0.2) is 4.68 Å². The minimum Gasteiger partial charge on any atom is -0.310 e. The Balaban J connectivity index is 1.65. The van der Waals surface area contributed by atoms with Gasteiger partial charge in [0.1, 0.15) is 5.82 Å². The molecule has 0 aliphatic heterocycles. The largest absolute Gasteiger partial charge is 0.310 e. The zero-order valence-corrected chi connectivity index (χ0v) is 15.1. The van der Waals surface area contributed by atoms with Gasteiger partial charge in [0.25, 0.3) is 0 Å². The molecule has 0 spiro atoms. The Morgan fingerprint density at radius 3 is 2.92 bits per heavy atom. The number of hydrogen-bond acceptors (Lipinski definition) is 6. The molecule has 8 nitrogen and oxygen atoms in total. The van der Waals surface area contributed by atoms with Gasteiger partial charge < -0.3 is 5.32 Å². The van der Waals surface area contributed by atoms with Crippen molar-refractivity contribution >= 4 is 23.5 Å². The number of carbonyl (C=O) groups excluding carboxylic acids is 1. The number of rotatable bonds is 6. The minimum absolute atomic E-state index is 0.133. The summed E-state index contributed by atoms with van der Waals surface area (Å²) in [6.07, 6.45) is 1.67. The highest BCUT2D eigenvalue weighted by atomic mass is 32.2. The summed E-state index contributed by atoms with van der Waals surface area (Å²) in [6.45, 7) is 6.02.